The van der Waals surface area contributed by atoms with Gasteiger partial charge in [-0.2, -0.15) is 8.78 Å². The third-order valence-corrected chi connectivity index (χ3v) is 3.90. The Bertz CT molecular complexity index is 580. The predicted molar refractivity (Wildman–Crippen MR) is 79.4 cm³/mol. The molecule has 0 aliphatic rings. The van der Waals surface area contributed by atoms with Crippen LogP contribution in [0.1, 0.15) is 41.6 Å². The van der Waals surface area contributed by atoms with E-state index in [1.54, 1.807) is 6.07 Å². The Balaban J connectivity index is 1.86. The van der Waals surface area contributed by atoms with E-state index in [1.807, 2.05) is 32.9 Å². The van der Waals surface area contributed by atoms with E-state index in [4.69, 9.17) is 8.83 Å². The fraction of sp³-hybridized carbons (Fsp3) is 0.467. The molecular weight excluding hydrogens is 296 g/mol. The van der Waals surface area contributed by atoms with E-state index < -0.39 is 5.76 Å². The first kappa shape index (κ1) is 16.1. The lowest BCUT2D eigenvalue weighted by molar-refractivity contribution is 0.251. The molecule has 1 N–H and O–H groups in total. The van der Waals surface area contributed by atoms with E-state index in [9.17, 15) is 8.78 Å². The lowest BCUT2D eigenvalue weighted by Crippen LogP contribution is -2.17. The monoisotopic (exact) mass is 315 g/mol. The van der Waals surface area contributed by atoms with Crippen molar-refractivity contribution in [3.63, 3.8) is 0 Å². The highest BCUT2D eigenvalue weighted by molar-refractivity contribution is 7.98. The first-order valence-electron chi connectivity index (χ1n) is 6.73. The largest absolute Gasteiger partial charge is 0.466 e. The molecule has 3 nitrogen and oxygen atoms in total. The Morgan fingerprint density at radius 3 is 2.52 bits per heavy atom. The highest BCUT2D eigenvalue weighted by atomic mass is 32.2. The molecule has 0 aromatic carbocycles. The molecule has 2 heterocycles. The van der Waals surface area contributed by atoms with E-state index in [0.29, 0.717) is 24.1 Å². The average Bonchev–Trinajstić information content (AvgIpc) is 3.00. The molecule has 0 fully saturated rings. The number of aryl methyl sites for hydroxylation is 2. The zero-order chi connectivity index (χ0) is 15.4. The summed E-state index contributed by atoms with van der Waals surface area (Å²) in [5.41, 5.74) is 1.12. The summed E-state index contributed by atoms with van der Waals surface area (Å²) in [6.07, 6.45) is 0. The molecule has 2 rings (SSSR count). The molecule has 0 spiro atoms. The summed E-state index contributed by atoms with van der Waals surface area (Å²) in [7, 11) is 0. The zero-order valence-electron chi connectivity index (χ0n) is 12.3. The topological polar surface area (TPSA) is 38.3 Å². The van der Waals surface area contributed by atoms with Crippen molar-refractivity contribution in [1.29, 1.82) is 0 Å². The summed E-state index contributed by atoms with van der Waals surface area (Å²) in [6, 6.07) is 5.70. The van der Waals surface area contributed by atoms with Gasteiger partial charge in [0.25, 0.3) is 5.76 Å². The van der Waals surface area contributed by atoms with Crippen molar-refractivity contribution in [3.8, 4) is 0 Å². The highest BCUT2D eigenvalue weighted by Crippen LogP contribution is 2.23. The van der Waals surface area contributed by atoms with Crippen LogP contribution in [-0.2, 0) is 12.3 Å². The van der Waals surface area contributed by atoms with Crippen LogP contribution in [0.15, 0.2) is 27.0 Å². The van der Waals surface area contributed by atoms with Crippen LogP contribution in [0, 0.1) is 13.8 Å². The molecule has 1 unspecified atom stereocenters. The Morgan fingerprint density at radius 1 is 1.19 bits per heavy atom. The number of halogens is 2. The number of furan rings is 2. The van der Waals surface area contributed by atoms with Crippen LogP contribution in [-0.4, -0.2) is 5.76 Å². The second-order valence-corrected chi connectivity index (χ2v) is 5.89. The minimum absolute atomic E-state index is 0.131. The standard InChI is InChI=1S/C15H19F2NO2S/c1-9-6-14(11(3)19-9)10(2)18-7-12-4-5-13(20-12)8-21-15(16)17/h4-6,10,15,18H,7-8H2,1-3H3. The van der Waals surface area contributed by atoms with Crippen LogP contribution in [0.2, 0.25) is 0 Å². The normalized spacial score (nSPS) is 13.0. The second kappa shape index (κ2) is 7.13. The van der Waals surface area contributed by atoms with Crippen molar-refractivity contribution in [2.45, 2.75) is 44.9 Å². The molecule has 116 valence electrons. The third kappa shape index (κ3) is 4.61. The average molecular weight is 315 g/mol. The quantitative estimate of drug-likeness (QED) is 0.797. The number of nitrogens with one attached hydrogen (secondary N) is 1. The zero-order valence-corrected chi connectivity index (χ0v) is 13.1. The van der Waals surface area contributed by atoms with Crippen molar-refractivity contribution >= 4 is 11.8 Å². The van der Waals surface area contributed by atoms with E-state index in [-0.39, 0.29) is 11.8 Å². The summed E-state index contributed by atoms with van der Waals surface area (Å²) < 4.78 is 35.2. The molecule has 21 heavy (non-hydrogen) atoms. The second-order valence-electron chi connectivity index (χ2n) is 4.91. The lowest BCUT2D eigenvalue weighted by atomic mass is 10.1. The van der Waals surface area contributed by atoms with E-state index >= 15 is 0 Å². The van der Waals surface area contributed by atoms with Crippen LogP contribution in [0.25, 0.3) is 0 Å². The Morgan fingerprint density at radius 2 is 1.90 bits per heavy atom. The van der Waals surface area contributed by atoms with Gasteiger partial charge in [-0.3, -0.25) is 0 Å². The summed E-state index contributed by atoms with van der Waals surface area (Å²) in [4.78, 5) is 0. The van der Waals surface area contributed by atoms with E-state index in [0.717, 1.165) is 22.8 Å². The molecule has 0 aliphatic carbocycles. The molecule has 0 saturated carbocycles. The summed E-state index contributed by atoms with van der Waals surface area (Å²) in [5, 5.41) is 3.34. The molecule has 2 aromatic rings. The van der Waals surface area contributed by atoms with Crippen LogP contribution in [0.5, 0.6) is 0 Å². The maximum Gasteiger partial charge on any atom is 0.284 e. The number of thioether (sulfide) groups is 1. The van der Waals surface area contributed by atoms with Gasteiger partial charge in [-0.1, -0.05) is 11.8 Å². The third-order valence-electron chi connectivity index (χ3n) is 3.20. The van der Waals surface area contributed by atoms with Gasteiger partial charge < -0.3 is 14.2 Å². The van der Waals surface area contributed by atoms with Gasteiger partial charge in [0, 0.05) is 11.6 Å². The smallest absolute Gasteiger partial charge is 0.284 e. The first-order valence-corrected chi connectivity index (χ1v) is 7.78. The van der Waals surface area contributed by atoms with Gasteiger partial charge in [0.05, 0.1) is 12.3 Å². The molecule has 0 amide bonds. The Hall–Kier alpha value is -1.27. The van der Waals surface area contributed by atoms with Crippen LogP contribution in [0.3, 0.4) is 0 Å². The Labute approximate surface area is 127 Å². The van der Waals surface area contributed by atoms with Gasteiger partial charge in [0.1, 0.15) is 23.0 Å². The molecule has 6 heteroatoms. The van der Waals surface area contributed by atoms with Crippen LogP contribution in [0.4, 0.5) is 8.78 Å². The summed E-state index contributed by atoms with van der Waals surface area (Å²) >= 11 is 0.564. The maximum atomic E-state index is 12.1. The fourth-order valence-electron chi connectivity index (χ4n) is 2.18. The van der Waals surface area contributed by atoms with Crippen molar-refractivity contribution < 1.29 is 17.6 Å². The molecule has 2 aromatic heterocycles. The highest BCUT2D eigenvalue weighted by Gasteiger charge is 2.13. The van der Waals surface area contributed by atoms with Gasteiger partial charge >= 0.3 is 0 Å². The lowest BCUT2D eigenvalue weighted by Gasteiger charge is -2.11. The SMILES string of the molecule is Cc1cc(C(C)NCc2ccc(CSC(F)F)o2)c(C)o1. The van der Waals surface area contributed by atoms with Gasteiger partial charge in [-0.15, -0.1) is 0 Å². The van der Waals surface area contributed by atoms with Crippen molar-refractivity contribution in [2.24, 2.45) is 0 Å². The van der Waals surface area contributed by atoms with Crippen LogP contribution >= 0.6 is 11.8 Å². The fourth-order valence-corrected chi connectivity index (χ4v) is 2.63. The van der Waals surface area contributed by atoms with Crippen molar-refractivity contribution in [3.05, 3.63) is 46.8 Å². The minimum Gasteiger partial charge on any atom is -0.466 e. The van der Waals surface area contributed by atoms with Crippen LogP contribution < -0.4 is 5.32 Å². The van der Waals surface area contributed by atoms with Gasteiger partial charge in [-0.25, -0.2) is 0 Å². The van der Waals surface area contributed by atoms with E-state index in [1.165, 1.54) is 0 Å². The van der Waals surface area contributed by atoms with E-state index in [2.05, 4.69) is 5.32 Å². The summed E-state index contributed by atoms with van der Waals surface area (Å²) in [6.45, 7) is 6.45. The summed E-state index contributed by atoms with van der Waals surface area (Å²) in [5.74, 6) is 0.919. The number of hydrogen-bond donors (Lipinski definition) is 1. The molecule has 0 radical (unpaired) electrons. The van der Waals surface area contributed by atoms with Gasteiger partial charge in [0.15, 0.2) is 0 Å². The number of rotatable bonds is 7. The minimum atomic E-state index is -2.37. The predicted octanol–water partition coefficient (Wildman–Crippen LogP) is 4.80. The number of alkyl halides is 2. The van der Waals surface area contributed by atoms with Crippen molar-refractivity contribution in [1.82, 2.24) is 5.32 Å². The Kier molecular flexibility index (Phi) is 5.47. The first-order chi connectivity index (χ1) is 9.95. The molecule has 1 atom stereocenters. The molecule has 0 saturated heterocycles. The molecule has 0 bridgehead atoms. The van der Waals surface area contributed by atoms with Crippen molar-refractivity contribution in [2.75, 3.05) is 0 Å². The molecule has 0 aliphatic heterocycles. The van der Waals surface area contributed by atoms with Gasteiger partial charge in [-0.05, 0) is 39.0 Å². The maximum absolute atomic E-state index is 12.1. The number of hydrogen-bond acceptors (Lipinski definition) is 4. The molecular formula is C15H19F2NO2S. The van der Waals surface area contributed by atoms with Gasteiger partial charge in [0.2, 0.25) is 0 Å².